The monoisotopic (exact) mass is 489 g/mol. The molecular formula is C26H36BrNO3. The highest BCUT2D eigenvalue weighted by Gasteiger charge is 2.14. The van der Waals surface area contributed by atoms with Gasteiger partial charge in [-0.25, -0.2) is 0 Å². The van der Waals surface area contributed by atoms with Crippen LogP contribution in [0.5, 0.6) is 11.5 Å². The topological polar surface area (TPSA) is 47.6 Å². The van der Waals surface area contributed by atoms with Crippen molar-refractivity contribution < 1.29 is 14.3 Å². The van der Waals surface area contributed by atoms with Crippen molar-refractivity contribution in [1.29, 1.82) is 0 Å². The number of carbonyl (C=O) groups excluding carboxylic acids is 1. The van der Waals surface area contributed by atoms with E-state index in [-0.39, 0.29) is 5.91 Å². The number of carbonyl (C=O) groups is 1. The third kappa shape index (κ3) is 9.77. The van der Waals surface area contributed by atoms with E-state index < -0.39 is 0 Å². The Kier molecular flexibility index (Phi) is 12.1. The normalized spacial score (nSPS) is 10.7. The van der Waals surface area contributed by atoms with E-state index in [9.17, 15) is 4.79 Å². The molecule has 31 heavy (non-hydrogen) atoms. The first-order valence-corrected chi connectivity index (χ1v) is 12.4. The molecule has 4 nitrogen and oxygen atoms in total. The molecule has 0 heterocycles. The molecule has 1 amide bonds. The van der Waals surface area contributed by atoms with Gasteiger partial charge in [-0.2, -0.15) is 0 Å². The Morgan fingerprint density at radius 1 is 0.806 bits per heavy atom. The number of halogens is 1. The molecule has 2 aromatic carbocycles. The fourth-order valence-electron chi connectivity index (χ4n) is 3.25. The smallest absolute Gasteiger partial charge is 0.259 e. The third-order valence-corrected chi connectivity index (χ3v) is 5.56. The van der Waals surface area contributed by atoms with Gasteiger partial charge >= 0.3 is 0 Å². The molecule has 0 aromatic heterocycles. The molecule has 0 atom stereocenters. The lowest BCUT2D eigenvalue weighted by Crippen LogP contribution is -2.14. The minimum atomic E-state index is -0.186. The molecular weight excluding hydrogens is 454 g/mol. The number of hydrogen-bond donors (Lipinski definition) is 1. The predicted molar refractivity (Wildman–Crippen MR) is 132 cm³/mol. The summed E-state index contributed by atoms with van der Waals surface area (Å²) in [4.78, 5) is 12.9. The zero-order valence-electron chi connectivity index (χ0n) is 18.9. The molecule has 170 valence electrons. The first-order valence-electron chi connectivity index (χ1n) is 11.6. The van der Waals surface area contributed by atoms with Gasteiger partial charge in [0, 0.05) is 10.2 Å². The van der Waals surface area contributed by atoms with Gasteiger partial charge in [0.1, 0.15) is 11.5 Å². The highest BCUT2D eigenvalue weighted by atomic mass is 79.9. The van der Waals surface area contributed by atoms with E-state index in [1.807, 2.05) is 36.4 Å². The van der Waals surface area contributed by atoms with Crippen molar-refractivity contribution in [1.82, 2.24) is 0 Å². The summed E-state index contributed by atoms with van der Waals surface area (Å²) in [6.45, 7) is 5.75. The van der Waals surface area contributed by atoms with Crippen LogP contribution in [0.15, 0.2) is 46.9 Å². The number of benzene rings is 2. The summed E-state index contributed by atoms with van der Waals surface area (Å²) in [7, 11) is 0. The fourth-order valence-corrected chi connectivity index (χ4v) is 3.61. The van der Waals surface area contributed by atoms with Gasteiger partial charge in [0.15, 0.2) is 0 Å². The molecule has 0 spiro atoms. The summed E-state index contributed by atoms with van der Waals surface area (Å²) in [5.41, 5.74) is 1.26. The zero-order valence-corrected chi connectivity index (χ0v) is 20.5. The number of unbranched alkanes of at least 4 members (excludes halogenated alkanes) is 7. The van der Waals surface area contributed by atoms with Crippen LogP contribution >= 0.6 is 15.9 Å². The van der Waals surface area contributed by atoms with Crippen molar-refractivity contribution in [2.45, 2.75) is 71.6 Å². The molecule has 1 N–H and O–H groups in total. The van der Waals surface area contributed by atoms with Crippen LogP contribution in [0.2, 0.25) is 0 Å². The Labute approximate surface area is 195 Å². The molecule has 0 saturated carbocycles. The summed E-state index contributed by atoms with van der Waals surface area (Å²) >= 11 is 3.45. The molecule has 5 heteroatoms. The summed E-state index contributed by atoms with van der Waals surface area (Å²) in [6, 6.07) is 13.1. The van der Waals surface area contributed by atoms with Gasteiger partial charge in [-0.1, -0.05) is 74.7 Å². The van der Waals surface area contributed by atoms with E-state index in [2.05, 4.69) is 35.1 Å². The van der Waals surface area contributed by atoms with Gasteiger partial charge in [-0.15, -0.1) is 0 Å². The van der Waals surface area contributed by atoms with Crippen LogP contribution in [0.4, 0.5) is 5.69 Å². The molecule has 0 aliphatic heterocycles. The summed E-state index contributed by atoms with van der Waals surface area (Å²) < 4.78 is 12.5. The molecule has 2 aromatic rings. The van der Waals surface area contributed by atoms with Crippen molar-refractivity contribution in [2.24, 2.45) is 0 Å². The number of amides is 1. The molecule has 0 fully saturated rings. The van der Waals surface area contributed by atoms with Crippen molar-refractivity contribution in [3.63, 3.8) is 0 Å². The number of nitrogens with one attached hydrogen (secondary N) is 1. The van der Waals surface area contributed by atoms with Crippen LogP contribution < -0.4 is 14.8 Å². The molecule has 0 unspecified atom stereocenters. The first-order chi connectivity index (χ1) is 15.1. The lowest BCUT2D eigenvalue weighted by atomic mass is 10.1. The van der Waals surface area contributed by atoms with Crippen LogP contribution in [0.1, 0.15) is 82.0 Å². The average molecular weight is 490 g/mol. The van der Waals surface area contributed by atoms with Crippen LogP contribution in [0.3, 0.4) is 0 Å². The predicted octanol–water partition coefficient (Wildman–Crippen LogP) is 8.01. The van der Waals surface area contributed by atoms with Gasteiger partial charge in [0.25, 0.3) is 5.91 Å². The Hall–Kier alpha value is -2.01. The molecule has 0 saturated heterocycles. The van der Waals surface area contributed by atoms with Gasteiger partial charge in [-0.3, -0.25) is 4.79 Å². The van der Waals surface area contributed by atoms with E-state index in [0.717, 1.165) is 41.8 Å². The molecule has 0 aliphatic carbocycles. The number of ether oxygens (including phenoxy) is 2. The van der Waals surface area contributed by atoms with E-state index in [1.54, 1.807) is 6.07 Å². The van der Waals surface area contributed by atoms with Crippen molar-refractivity contribution in [2.75, 3.05) is 18.5 Å². The van der Waals surface area contributed by atoms with Crippen LogP contribution in [-0.4, -0.2) is 19.1 Å². The van der Waals surface area contributed by atoms with E-state index >= 15 is 0 Å². The van der Waals surface area contributed by atoms with Crippen LogP contribution in [0.25, 0.3) is 0 Å². The Bertz CT molecular complexity index is 777. The van der Waals surface area contributed by atoms with E-state index in [1.165, 1.54) is 38.5 Å². The average Bonchev–Trinajstić information content (AvgIpc) is 2.78. The molecule has 0 radical (unpaired) electrons. The van der Waals surface area contributed by atoms with Gasteiger partial charge in [0.05, 0.1) is 18.8 Å². The van der Waals surface area contributed by atoms with Crippen molar-refractivity contribution in [3.05, 3.63) is 52.5 Å². The number of rotatable bonds is 15. The van der Waals surface area contributed by atoms with Crippen molar-refractivity contribution in [3.8, 4) is 11.5 Å². The van der Waals surface area contributed by atoms with Gasteiger partial charge < -0.3 is 14.8 Å². The number of anilines is 1. The maximum absolute atomic E-state index is 12.9. The van der Waals surface area contributed by atoms with Crippen molar-refractivity contribution >= 4 is 27.5 Å². The zero-order chi connectivity index (χ0) is 22.3. The third-order valence-electron chi connectivity index (χ3n) is 5.07. The highest BCUT2D eigenvalue weighted by molar-refractivity contribution is 9.10. The minimum Gasteiger partial charge on any atom is -0.494 e. The fraction of sp³-hybridized carbons (Fsp3) is 0.500. The highest BCUT2D eigenvalue weighted by Crippen LogP contribution is 2.25. The van der Waals surface area contributed by atoms with Crippen LogP contribution in [0, 0.1) is 0 Å². The largest absolute Gasteiger partial charge is 0.494 e. The summed E-state index contributed by atoms with van der Waals surface area (Å²) in [5, 5.41) is 2.96. The summed E-state index contributed by atoms with van der Waals surface area (Å²) in [6.07, 6.45) is 10.6. The Morgan fingerprint density at radius 3 is 2.10 bits per heavy atom. The van der Waals surface area contributed by atoms with E-state index in [4.69, 9.17) is 9.47 Å². The minimum absolute atomic E-state index is 0.186. The molecule has 0 aliphatic rings. The lowest BCUT2D eigenvalue weighted by Gasteiger charge is -2.13. The second-order valence-corrected chi connectivity index (χ2v) is 8.71. The Balaban J connectivity index is 1.87. The maximum atomic E-state index is 12.9. The second-order valence-electron chi connectivity index (χ2n) is 7.79. The Morgan fingerprint density at radius 2 is 1.42 bits per heavy atom. The number of hydrogen-bond acceptors (Lipinski definition) is 3. The summed E-state index contributed by atoms with van der Waals surface area (Å²) in [5.74, 6) is 1.25. The first kappa shape index (κ1) is 25.3. The van der Waals surface area contributed by atoms with Gasteiger partial charge in [-0.05, 0) is 55.3 Å². The molecule has 2 rings (SSSR count). The standard InChI is InChI=1S/C26H36BrNO3/c1-3-5-7-9-11-18-30-23-15-13-22(14-16-23)28-26(29)24-20-21(27)12-17-25(24)31-19-10-8-6-4-2/h12-17,20H,3-11,18-19H2,1-2H3,(H,28,29). The van der Waals surface area contributed by atoms with Crippen LogP contribution in [-0.2, 0) is 0 Å². The SMILES string of the molecule is CCCCCCCOc1ccc(NC(=O)c2cc(Br)ccc2OCCCCCC)cc1. The van der Waals surface area contributed by atoms with E-state index in [0.29, 0.717) is 17.9 Å². The lowest BCUT2D eigenvalue weighted by molar-refractivity contribution is 0.102. The molecule has 0 bridgehead atoms. The van der Waals surface area contributed by atoms with Gasteiger partial charge in [0.2, 0.25) is 0 Å². The quantitative estimate of drug-likeness (QED) is 0.257. The second kappa shape index (κ2) is 14.9. The maximum Gasteiger partial charge on any atom is 0.259 e.